The van der Waals surface area contributed by atoms with Gasteiger partial charge in [0.1, 0.15) is 0 Å². The van der Waals surface area contributed by atoms with Crippen molar-refractivity contribution in [2.45, 2.75) is 13.3 Å². The largest absolute Gasteiger partial charge is 0.369 e. The predicted octanol–water partition coefficient (Wildman–Crippen LogP) is 3.88. The topological polar surface area (TPSA) is 6.48 Å². The molecule has 1 aliphatic heterocycles. The molecule has 0 aliphatic carbocycles. The van der Waals surface area contributed by atoms with E-state index in [1.54, 1.807) is 0 Å². The van der Waals surface area contributed by atoms with Gasteiger partial charge in [0.2, 0.25) is 0 Å². The first-order valence-corrected chi connectivity index (χ1v) is 8.51. The standard InChI is InChI=1S/C15H22BrClN2/c1-2-13(11-16)12-18-6-8-19(9-7-18)15-5-3-4-14(17)10-15/h3-5,10,13H,2,6-9,11-12H2,1H3. The first-order valence-electron chi connectivity index (χ1n) is 7.01. The molecule has 106 valence electrons. The van der Waals surface area contributed by atoms with Crippen molar-refractivity contribution in [3.8, 4) is 0 Å². The molecular weight excluding hydrogens is 324 g/mol. The van der Waals surface area contributed by atoms with Crippen LogP contribution in [0.4, 0.5) is 5.69 Å². The third-order valence-corrected chi connectivity index (χ3v) is 5.01. The van der Waals surface area contributed by atoms with E-state index in [1.165, 1.54) is 18.7 Å². The number of alkyl halides is 1. The Kier molecular flexibility index (Phi) is 5.99. The number of piperazine rings is 1. The van der Waals surface area contributed by atoms with Gasteiger partial charge in [0.15, 0.2) is 0 Å². The summed E-state index contributed by atoms with van der Waals surface area (Å²) in [5.74, 6) is 0.776. The maximum Gasteiger partial charge on any atom is 0.0426 e. The Balaban J connectivity index is 1.85. The van der Waals surface area contributed by atoms with Crippen LogP contribution in [-0.4, -0.2) is 43.0 Å². The molecule has 19 heavy (non-hydrogen) atoms. The second-order valence-electron chi connectivity index (χ2n) is 5.20. The summed E-state index contributed by atoms with van der Waals surface area (Å²) in [6, 6.07) is 8.17. The zero-order valence-corrected chi connectivity index (χ0v) is 13.8. The number of nitrogens with zero attached hydrogens (tertiary/aromatic N) is 2. The summed E-state index contributed by atoms with van der Waals surface area (Å²) in [4.78, 5) is 5.01. The molecule has 2 rings (SSSR count). The molecule has 0 saturated carbocycles. The molecule has 1 fully saturated rings. The molecule has 1 atom stereocenters. The van der Waals surface area contributed by atoms with E-state index in [4.69, 9.17) is 11.6 Å². The fourth-order valence-electron chi connectivity index (χ4n) is 2.51. The van der Waals surface area contributed by atoms with Crippen molar-refractivity contribution in [2.24, 2.45) is 5.92 Å². The number of halogens is 2. The van der Waals surface area contributed by atoms with Crippen molar-refractivity contribution in [3.05, 3.63) is 29.3 Å². The highest BCUT2D eigenvalue weighted by Crippen LogP contribution is 2.21. The van der Waals surface area contributed by atoms with Gasteiger partial charge in [0.25, 0.3) is 0 Å². The Morgan fingerprint density at radius 2 is 2.00 bits per heavy atom. The van der Waals surface area contributed by atoms with Crippen LogP contribution in [0.2, 0.25) is 5.02 Å². The molecule has 0 spiro atoms. The predicted molar refractivity (Wildman–Crippen MR) is 87.7 cm³/mol. The molecule has 0 aromatic heterocycles. The fourth-order valence-corrected chi connectivity index (χ4v) is 3.36. The van der Waals surface area contributed by atoms with E-state index in [0.29, 0.717) is 0 Å². The highest BCUT2D eigenvalue weighted by atomic mass is 79.9. The summed E-state index contributed by atoms with van der Waals surface area (Å²) in [7, 11) is 0. The Morgan fingerprint density at radius 3 is 2.58 bits per heavy atom. The van der Waals surface area contributed by atoms with Gasteiger partial charge in [0, 0.05) is 48.8 Å². The molecule has 0 N–H and O–H groups in total. The van der Waals surface area contributed by atoms with Crippen molar-refractivity contribution in [1.29, 1.82) is 0 Å². The van der Waals surface area contributed by atoms with Gasteiger partial charge in [-0.05, 0) is 24.1 Å². The molecule has 4 heteroatoms. The molecule has 2 nitrogen and oxygen atoms in total. The summed E-state index contributed by atoms with van der Waals surface area (Å²) in [6.07, 6.45) is 1.25. The highest BCUT2D eigenvalue weighted by molar-refractivity contribution is 9.09. The van der Waals surface area contributed by atoms with Crippen LogP contribution < -0.4 is 4.90 Å². The summed E-state index contributed by atoms with van der Waals surface area (Å²) in [6.45, 7) is 7.98. The summed E-state index contributed by atoms with van der Waals surface area (Å²) < 4.78 is 0. The Hall–Kier alpha value is -0.250. The van der Waals surface area contributed by atoms with Gasteiger partial charge >= 0.3 is 0 Å². The lowest BCUT2D eigenvalue weighted by atomic mass is 10.1. The molecule has 1 aliphatic rings. The smallest absolute Gasteiger partial charge is 0.0426 e. The normalized spacial score (nSPS) is 18.6. The van der Waals surface area contributed by atoms with Crippen molar-refractivity contribution in [1.82, 2.24) is 4.90 Å². The minimum atomic E-state index is 0.776. The van der Waals surface area contributed by atoms with Crippen LogP contribution >= 0.6 is 27.5 Å². The first kappa shape index (κ1) is 15.1. The number of hydrogen-bond donors (Lipinski definition) is 0. The quantitative estimate of drug-likeness (QED) is 0.747. The molecule has 1 unspecified atom stereocenters. The van der Waals surface area contributed by atoms with E-state index in [-0.39, 0.29) is 0 Å². The average molecular weight is 346 g/mol. The van der Waals surface area contributed by atoms with E-state index < -0.39 is 0 Å². The van der Waals surface area contributed by atoms with Crippen molar-refractivity contribution < 1.29 is 0 Å². The lowest BCUT2D eigenvalue weighted by Gasteiger charge is -2.37. The van der Waals surface area contributed by atoms with E-state index >= 15 is 0 Å². The second kappa shape index (κ2) is 7.51. The first-order chi connectivity index (χ1) is 9.22. The molecule has 1 aromatic carbocycles. The molecule has 1 heterocycles. The maximum absolute atomic E-state index is 6.06. The van der Waals surface area contributed by atoms with Gasteiger partial charge in [-0.1, -0.05) is 46.9 Å². The highest BCUT2D eigenvalue weighted by Gasteiger charge is 2.19. The Bertz CT molecular complexity index is 387. The molecule has 0 radical (unpaired) electrons. The van der Waals surface area contributed by atoms with E-state index in [9.17, 15) is 0 Å². The molecule has 0 bridgehead atoms. The van der Waals surface area contributed by atoms with Crippen LogP contribution in [0.25, 0.3) is 0 Å². The minimum absolute atomic E-state index is 0.776. The van der Waals surface area contributed by atoms with Gasteiger partial charge in [-0.15, -0.1) is 0 Å². The SMILES string of the molecule is CCC(CBr)CN1CCN(c2cccc(Cl)c2)CC1. The van der Waals surface area contributed by atoms with Gasteiger partial charge < -0.3 is 4.90 Å². The van der Waals surface area contributed by atoms with Crippen LogP contribution in [0.15, 0.2) is 24.3 Å². The van der Waals surface area contributed by atoms with Gasteiger partial charge in [0.05, 0.1) is 0 Å². The number of rotatable bonds is 5. The third kappa shape index (κ3) is 4.37. The fraction of sp³-hybridized carbons (Fsp3) is 0.600. The monoisotopic (exact) mass is 344 g/mol. The zero-order chi connectivity index (χ0) is 13.7. The Labute approximate surface area is 129 Å². The van der Waals surface area contributed by atoms with Crippen molar-refractivity contribution in [2.75, 3.05) is 43.0 Å². The van der Waals surface area contributed by atoms with Gasteiger partial charge in [-0.25, -0.2) is 0 Å². The second-order valence-corrected chi connectivity index (χ2v) is 6.28. The van der Waals surface area contributed by atoms with Crippen LogP contribution in [0.5, 0.6) is 0 Å². The maximum atomic E-state index is 6.06. The molecular formula is C15H22BrClN2. The molecule has 1 saturated heterocycles. The average Bonchev–Trinajstić information content (AvgIpc) is 2.45. The van der Waals surface area contributed by atoms with Crippen molar-refractivity contribution in [3.63, 3.8) is 0 Å². The van der Waals surface area contributed by atoms with E-state index in [0.717, 1.165) is 42.4 Å². The molecule has 0 amide bonds. The number of anilines is 1. The van der Waals surface area contributed by atoms with Crippen LogP contribution in [-0.2, 0) is 0 Å². The van der Waals surface area contributed by atoms with E-state index in [1.807, 2.05) is 12.1 Å². The zero-order valence-electron chi connectivity index (χ0n) is 11.5. The van der Waals surface area contributed by atoms with Crippen LogP contribution in [0, 0.1) is 5.92 Å². The summed E-state index contributed by atoms with van der Waals surface area (Å²) in [5, 5.41) is 1.93. The van der Waals surface area contributed by atoms with Gasteiger partial charge in [-0.3, -0.25) is 4.90 Å². The van der Waals surface area contributed by atoms with Crippen LogP contribution in [0.3, 0.4) is 0 Å². The number of benzene rings is 1. The van der Waals surface area contributed by atoms with Crippen molar-refractivity contribution >= 4 is 33.2 Å². The van der Waals surface area contributed by atoms with Gasteiger partial charge in [-0.2, -0.15) is 0 Å². The number of hydrogen-bond acceptors (Lipinski definition) is 2. The lowest BCUT2D eigenvalue weighted by molar-refractivity contribution is 0.225. The van der Waals surface area contributed by atoms with Crippen LogP contribution in [0.1, 0.15) is 13.3 Å². The lowest BCUT2D eigenvalue weighted by Crippen LogP contribution is -2.47. The summed E-state index contributed by atoms with van der Waals surface area (Å²) in [5.41, 5.74) is 1.25. The summed E-state index contributed by atoms with van der Waals surface area (Å²) >= 11 is 9.66. The Morgan fingerprint density at radius 1 is 1.26 bits per heavy atom. The minimum Gasteiger partial charge on any atom is -0.369 e. The molecule has 1 aromatic rings. The van der Waals surface area contributed by atoms with E-state index in [2.05, 4.69) is 44.8 Å². The third-order valence-electron chi connectivity index (χ3n) is 3.86.